The Labute approximate surface area is 116 Å². The highest BCUT2D eigenvalue weighted by Gasteiger charge is 2.22. The summed E-state index contributed by atoms with van der Waals surface area (Å²) in [5, 5.41) is 3.27. The zero-order valence-corrected chi connectivity index (χ0v) is 12.5. The van der Waals surface area contributed by atoms with Crippen molar-refractivity contribution >= 4 is 11.6 Å². The van der Waals surface area contributed by atoms with Crippen LogP contribution in [0.1, 0.15) is 25.6 Å². The molecule has 19 heavy (non-hydrogen) atoms. The molecule has 0 amide bonds. The predicted octanol–water partition coefficient (Wildman–Crippen LogP) is 1.75. The molecule has 1 N–H and O–H groups in total. The maximum atomic E-state index is 4.59. The van der Waals surface area contributed by atoms with E-state index in [1.54, 1.807) is 0 Å². The molecule has 0 bridgehead atoms. The van der Waals surface area contributed by atoms with Crippen molar-refractivity contribution in [2.24, 2.45) is 0 Å². The lowest BCUT2D eigenvalue weighted by molar-refractivity contribution is 0.257. The molecule has 2 heterocycles. The van der Waals surface area contributed by atoms with Crippen LogP contribution in [0.2, 0.25) is 0 Å². The molecule has 0 aromatic carbocycles. The molecule has 1 aromatic rings. The first kappa shape index (κ1) is 14.1. The van der Waals surface area contributed by atoms with Gasteiger partial charge in [-0.1, -0.05) is 0 Å². The second-order valence-corrected chi connectivity index (χ2v) is 5.39. The molecule has 0 spiro atoms. The monoisotopic (exact) mass is 263 g/mol. The maximum absolute atomic E-state index is 4.59. The first-order valence-corrected chi connectivity index (χ1v) is 7.11. The zero-order chi connectivity index (χ0) is 13.8. The van der Waals surface area contributed by atoms with Gasteiger partial charge in [0.05, 0.1) is 0 Å². The molecule has 1 saturated heterocycles. The number of hydrogen-bond donors (Lipinski definition) is 1. The van der Waals surface area contributed by atoms with Crippen LogP contribution in [-0.4, -0.2) is 54.6 Å². The van der Waals surface area contributed by atoms with Gasteiger partial charge in [-0.15, -0.1) is 0 Å². The van der Waals surface area contributed by atoms with Gasteiger partial charge < -0.3 is 15.1 Å². The van der Waals surface area contributed by atoms with Crippen molar-refractivity contribution in [1.29, 1.82) is 0 Å². The van der Waals surface area contributed by atoms with Gasteiger partial charge in [-0.3, -0.25) is 0 Å². The number of likely N-dealkylation sites (N-methyl/N-ethyl adjacent to an activating group) is 1. The molecule has 1 aliphatic heterocycles. The second-order valence-electron chi connectivity index (χ2n) is 5.39. The molecule has 1 unspecified atom stereocenters. The molecule has 0 radical (unpaired) electrons. The average Bonchev–Trinajstić information content (AvgIpc) is 2.38. The summed E-state index contributed by atoms with van der Waals surface area (Å²) in [6.07, 6.45) is 2.50. The van der Waals surface area contributed by atoms with Gasteiger partial charge in [-0.2, -0.15) is 0 Å². The largest absolute Gasteiger partial charge is 0.370 e. The van der Waals surface area contributed by atoms with Gasteiger partial charge in [0.15, 0.2) is 0 Å². The molecule has 5 heteroatoms. The molecule has 1 fully saturated rings. The number of anilines is 2. The molecule has 1 aliphatic rings. The Balaban J connectivity index is 2.16. The minimum atomic E-state index is 0.617. The van der Waals surface area contributed by atoms with Crippen LogP contribution in [-0.2, 0) is 0 Å². The van der Waals surface area contributed by atoms with E-state index in [1.165, 1.54) is 12.8 Å². The van der Waals surface area contributed by atoms with Gasteiger partial charge in [-0.05, 0) is 40.8 Å². The Kier molecular flexibility index (Phi) is 4.58. The lowest BCUT2D eigenvalue weighted by atomic mass is 10.1. The Hall–Kier alpha value is -1.36. The highest BCUT2D eigenvalue weighted by Crippen LogP contribution is 2.22. The van der Waals surface area contributed by atoms with E-state index in [9.17, 15) is 0 Å². The third kappa shape index (κ3) is 3.56. The summed E-state index contributed by atoms with van der Waals surface area (Å²) in [6.45, 7) is 7.06. The number of hydrogen-bond acceptors (Lipinski definition) is 5. The standard InChI is InChI=1S/C14H25N5/c1-5-15-13-9-14(17-11(2)16-13)19-8-6-7-12(10-19)18(3)4/h9,12H,5-8,10H2,1-4H3,(H,15,16,17). The summed E-state index contributed by atoms with van der Waals surface area (Å²) in [7, 11) is 4.31. The molecule has 2 rings (SSSR count). The number of nitrogens with one attached hydrogen (secondary N) is 1. The van der Waals surface area contributed by atoms with Crippen molar-refractivity contribution in [3.05, 3.63) is 11.9 Å². The van der Waals surface area contributed by atoms with Crippen LogP contribution in [0.15, 0.2) is 6.07 Å². The minimum absolute atomic E-state index is 0.617. The number of aromatic nitrogens is 2. The van der Waals surface area contributed by atoms with E-state index in [-0.39, 0.29) is 0 Å². The lowest BCUT2D eigenvalue weighted by Crippen LogP contribution is -2.45. The van der Waals surface area contributed by atoms with Crippen molar-refractivity contribution in [1.82, 2.24) is 14.9 Å². The summed E-state index contributed by atoms with van der Waals surface area (Å²) >= 11 is 0. The van der Waals surface area contributed by atoms with Crippen LogP contribution < -0.4 is 10.2 Å². The fourth-order valence-corrected chi connectivity index (χ4v) is 2.57. The Morgan fingerprint density at radius 2 is 2.21 bits per heavy atom. The van der Waals surface area contributed by atoms with E-state index in [0.29, 0.717) is 6.04 Å². The van der Waals surface area contributed by atoms with Crippen LogP contribution in [0.4, 0.5) is 11.6 Å². The smallest absolute Gasteiger partial charge is 0.134 e. The number of aryl methyl sites for hydroxylation is 1. The SMILES string of the molecule is CCNc1cc(N2CCCC(N(C)C)C2)nc(C)n1. The van der Waals surface area contributed by atoms with E-state index >= 15 is 0 Å². The Bertz CT molecular complexity index is 418. The number of rotatable bonds is 4. The number of piperidine rings is 1. The summed E-state index contributed by atoms with van der Waals surface area (Å²) in [5.41, 5.74) is 0. The first-order chi connectivity index (χ1) is 9.10. The van der Waals surface area contributed by atoms with Crippen molar-refractivity contribution in [2.75, 3.05) is 43.9 Å². The molecule has 0 saturated carbocycles. The van der Waals surface area contributed by atoms with E-state index in [2.05, 4.69) is 52.2 Å². The normalized spacial score (nSPS) is 19.8. The lowest BCUT2D eigenvalue weighted by Gasteiger charge is -2.36. The van der Waals surface area contributed by atoms with Gasteiger partial charge >= 0.3 is 0 Å². The highest BCUT2D eigenvalue weighted by molar-refractivity contribution is 5.49. The Morgan fingerprint density at radius 3 is 2.89 bits per heavy atom. The van der Waals surface area contributed by atoms with E-state index in [1.807, 2.05) is 6.92 Å². The topological polar surface area (TPSA) is 44.3 Å². The van der Waals surface area contributed by atoms with Crippen LogP contribution in [0, 0.1) is 6.92 Å². The molecule has 0 aliphatic carbocycles. The first-order valence-electron chi connectivity index (χ1n) is 7.11. The fraction of sp³-hybridized carbons (Fsp3) is 0.714. The second kappa shape index (κ2) is 6.19. The fourth-order valence-electron chi connectivity index (χ4n) is 2.57. The molecule has 5 nitrogen and oxygen atoms in total. The highest BCUT2D eigenvalue weighted by atomic mass is 15.2. The van der Waals surface area contributed by atoms with Crippen molar-refractivity contribution in [3.8, 4) is 0 Å². The van der Waals surface area contributed by atoms with Gasteiger partial charge in [0, 0.05) is 31.7 Å². The van der Waals surface area contributed by atoms with Gasteiger partial charge in [0.25, 0.3) is 0 Å². The van der Waals surface area contributed by atoms with Crippen molar-refractivity contribution in [2.45, 2.75) is 32.7 Å². The van der Waals surface area contributed by atoms with Crippen molar-refractivity contribution in [3.63, 3.8) is 0 Å². The van der Waals surface area contributed by atoms with Crippen LogP contribution >= 0.6 is 0 Å². The van der Waals surface area contributed by atoms with Crippen LogP contribution in [0.3, 0.4) is 0 Å². The summed E-state index contributed by atoms with van der Waals surface area (Å²) in [4.78, 5) is 13.7. The summed E-state index contributed by atoms with van der Waals surface area (Å²) < 4.78 is 0. The molecule has 1 aromatic heterocycles. The third-order valence-electron chi connectivity index (χ3n) is 3.63. The molecule has 1 atom stereocenters. The zero-order valence-electron chi connectivity index (χ0n) is 12.5. The van der Waals surface area contributed by atoms with E-state index in [4.69, 9.17) is 0 Å². The molecular weight excluding hydrogens is 238 g/mol. The quantitative estimate of drug-likeness (QED) is 0.896. The number of nitrogens with zero attached hydrogens (tertiary/aromatic N) is 4. The van der Waals surface area contributed by atoms with Gasteiger partial charge in [-0.25, -0.2) is 9.97 Å². The van der Waals surface area contributed by atoms with Crippen molar-refractivity contribution < 1.29 is 0 Å². The third-order valence-corrected chi connectivity index (χ3v) is 3.63. The predicted molar refractivity (Wildman–Crippen MR) is 79.9 cm³/mol. The van der Waals surface area contributed by atoms with Gasteiger partial charge in [0.1, 0.15) is 17.5 Å². The van der Waals surface area contributed by atoms with Gasteiger partial charge in [0.2, 0.25) is 0 Å². The van der Waals surface area contributed by atoms with Crippen LogP contribution in [0.25, 0.3) is 0 Å². The van der Waals surface area contributed by atoms with Crippen LogP contribution in [0.5, 0.6) is 0 Å². The van der Waals surface area contributed by atoms with E-state index in [0.717, 1.165) is 37.1 Å². The average molecular weight is 263 g/mol. The Morgan fingerprint density at radius 1 is 1.42 bits per heavy atom. The molecule has 106 valence electrons. The summed E-state index contributed by atoms with van der Waals surface area (Å²) in [5.74, 6) is 2.81. The summed E-state index contributed by atoms with van der Waals surface area (Å²) in [6, 6.07) is 2.68. The maximum Gasteiger partial charge on any atom is 0.134 e. The minimum Gasteiger partial charge on any atom is -0.370 e. The van der Waals surface area contributed by atoms with E-state index < -0.39 is 0 Å². The molecular formula is C14H25N5.